The van der Waals surface area contributed by atoms with Gasteiger partial charge in [-0.25, -0.2) is 4.98 Å². The molecule has 1 atom stereocenters. The zero-order chi connectivity index (χ0) is 15.6. The zero-order valence-electron chi connectivity index (χ0n) is 11.1. The second kappa shape index (κ2) is 6.52. The largest absolute Gasteiger partial charge is 0.296 e. The van der Waals surface area contributed by atoms with Crippen molar-refractivity contribution in [2.24, 2.45) is 5.92 Å². The first-order valence-corrected chi connectivity index (χ1v) is 7.90. The monoisotopic (exact) mass is 373 g/mol. The van der Waals surface area contributed by atoms with E-state index in [4.69, 9.17) is 0 Å². The lowest BCUT2D eigenvalue weighted by Crippen LogP contribution is -2.26. The number of hydrogen-bond acceptors (Lipinski definition) is 6. The Hall–Kier alpha value is -1.48. The standard InChI is InChI=1S/C12H12BrN3O4S/c1-7(17)21-6-8-2-11(18)15(5-8)12-10(13)3-9(4-14-12)16(19)20/h3-4,8H,2,5-6H2,1H3. The van der Waals surface area contributed by atoms with E-state index in [9.17, 15) is 19.7 Å². The highest BCUT2D eigenvalue weighted by Crippen LogP contribution is 2.32. The summed E-state index contributed by atoms with van der Waals surface area (Å²) >= 11 is 4.41. The summed E-state index contributed by atoms with van der Waals surface area (Å²) in [7, 11) is 0. The fraction of sp³-hybridized carbons (Fsp3) is 0.417. The summed E-state index contributed by atoms with van der Waals surface area (Å²) < 4.78 is 0.407. The molecule has 1 amide bonds. The first kappa shape index (κ1) is 15.9. The Morgan fingerprint density at radius 1 is 1.67 bits per heavy atom. The number of amides is 1. The number of hydrogen-bond donors (Lipinski definition) is 0. The van der Waals surface area contributed by atoms with Gasteiger partial charge in [0.15, 0.2) is 5.12 Å². The molecule has 1 aliphatic rings. The summed E-state index contributed by atoms with van der Waals surface area (Å²) in [6, 6.07) is 1.33. The van der Waals surface area contributed by atoms with Crippen LogP contribution >= 0.6 is 27.7 Å². The van der Waals surface area contributed by atoms with Crippen LogP contribution in [0, 0.1) is 16.0 Å². The lowest BCUT2D eigenvalue weighted by Gasteiger charge is -2.16. The van der Waals surface area contributed by atoms with E-state index in [-0.39, 0.29) is 22.6 Å². The summed E-state index contributed by atoms with van der Waals surface area (Å²) in [6.45, 7) is 1.95. The van der Waals surface area contributed by atoms with Crippen LogP contribution in [0.25, 0.3) is 0 Å². The van der Waals surface area contributed by atoms with Gasteiger partial charge in [0.1, 0.15) is 12.0 Å². The predicted octanol–water partition coefficient (Wildman–Crippen LogP) is 2.38. The van der Waals surface area contributed by atoms with E-state index in [2.05, 4.69) is 20.9 Å². The summed E-state index contributed by atoms with van der Waals surface area (Å²) in [4.78, 5) is 38.6. The molecule has 1 aromatic heterocycles. The van der Waals surface area contributed by atoms with Gasteiger partial charge >= 0.3 is 0 Å². The normalized spacial score (nSPS) is 18.1. The topological polar surface area (TPSA) is 93.4 Å². The number of thioether (sulfide) groups is 1. The van der Waals surface area contributed by atoms with Gasteiger partial charge < -0.3 is 0 Å². The van der Waals surface area contributed by atoms with Crippen molar-refractivity contribution in [1.82, 2.24) is 4.98 Å². The molecular formula is C12H12BrN3O4S. The van der Waals surface area contributed by atoms with Gasteiger partial charge in [-0.1, -0.05) is 11.8 Å². The van der Waals surface area contributed by atoms with E-state index in [1.165, 1.54) is 29.7 Å². The third-order valence-electron chi connectivity index (χ3n) is 3.00. The Labute approximate surface area is 133 Å². The predicted molar refractivity (Wildman–Crippen MR) is 82.2 cm³/mol. The van der Waals surface area contributed by atoms with Crippen LogP contribution in [0.4, 0.5) is 11.5 Å². The van der Waals surface area contributed by atoms with E-state index in [0.29, 0.717) is 29.0 Å². The molecule has 112 valence electrons. The molecule has 0 aromatic carbocycles. The molecule has 1 unspecified atom stereocenters. The summed E-state index contributed by atoms with van der Waals surface area (Å²) in [5.74, 6) is 0.949. The Kier molecular flexibility index (Phi) is 4.94. The van der Waals surface area contributed by atoms with Crippen molar-refractivity contribution in [2.75, 3.05) is 17.2 Å². The van der Waals surface area contributed by atoms with Crippen LogP contribution in [0.5, 0.6) is 0 Å². The Balaban J connectivity index is 2.13. The van der Waals surface area contributed by atoms with Crippen LogP contribution in [-0.4, -0.2) is 33.2 Å². The number of rotatable bonds is 4. The first-order chi connectivity index (χ1) is 9.88. The van der Waals surface area contributed by atoms with Gasteiger partial charge in [0.2, 0.25) is 5.91 Å². The third-order valence-corrected chi connectivity index (χ3v) is 4.63. The van der Waals surface area contributed by atoms with Gasteiger partial charge in [0.25, 0.3) is 5.69 Å². The van der Waals surface area contributed by atoms with E-state index < -0.39 is 4.92 Å². The van der Waals surface area contributed by atoms with Gasteiger partial charge in [-0.15, -0.1) is 0 Å². The minimum Gasteiger partial charge on any atom is -0.296 e. The molecule has 1 fully saturated rings. The zero-order valence-corrected chi connectivity index (χ0v) is 13.5. The Bertz CT molecular complexity index is 610. The molecule has 7 nitrogen and oxygen atoms in total. The van der Waals surface area contributed by atoms with E-state index in [1.54, 1.807) is 0 Å². The van der Waals surface area contributed by atoms with Crippen LogP contribution in [0.3, 0.4) is 0 Å². The molecule has 0 saturated carbocycles. The second-order valence-corrected chi connectivity index (χ2v) is 6.68. The maximum absolute atomic E-state index is 12.0. The SMILES string of the molecule is CC(=O)SCC1CC(=O)N(c2ncc([N+](=O)[O-])cc2Br)C1. The highest BCUT2D eigenvalue weighted by molar-refractivity contribution is 9.10. The molecule has 9 heteroatoms. The molecule has 0 spiro atoms. The summed E-state index contributed by atoms with van der Waals surface area (Å²) in [5.41, 5.74) is -0.138. The number of carbonyl (C=O) groups excluding carboxylic acids is 2. The molecule has 0 radical (unpaired) electrons. The van der Waals surface area contributed by atoms with E-state index >= 15 is 0 Å². The Morgan fingerprint density at radius 2 is 2.38 bits per heavy atom. The van der Waals surface area contributed by atoms with Crippen molar-refractivity contribution in [3.63, 3.8) is 0 Å². The number of aromatic nitrogens is 1. The van der Waals surface area contributed by atoms with Crippen LogP contribution in [0.15, 0.2) is 16.7 Å². The smallest absolute Gasteiger partial charge is 0.288 e. The minimum absolute atomic E-state index is 0.0236. The number of halogens is 1. The molecule has 0 bridgehead atoms. The van der Waals surface area contributed by atoms with Crippen LogP contribution in [-0.2, 0) is 9.59 Å². The minimum atomic E-state index is -0.542. The van der Waals surface area contributed by atoms with Gasteiger partial charge in [0, 0.05) is 31.7 Å². The molecule has 2 rings (SSSR count). The third kappa shape index (κ3) is 3.79. The number of nitro groups is 1. The fourth-order valence-corrected chi connectivity index (χ4v) is 3.30. The van der Waals surface area contributed by atoms with Crippen molar-refractivity contribution < 1.29 is 14.5 Å². The number of anilines is 1. The molecule has 2 heterocycles. The molecule has 1 aliphatic heterocycles. The maximum Gasteiger partial charge on any atom is 0.288 e. The molecule has 21 heavy (non-hydrogen) atoms. The van der Waals surface area contributed by atoms with Gasteiger partial charge in [-0.05, 0) is 21.8 Å². The average Bonchev–Trinajstić information content (AvgIpc) is 2.77. The number of carbonyl (C=O) groups is 2. The average molecular weight is 374 g/mol. The lowest BCUT2D eigenvalue weighted by atomic mass is 10.1. The van der Waals surface area contributed by atoms with E-state index in [0.717, 1.165) is 6.20 Å². The van der Waals surface area contributed by atoms with Crippen LogP contribution in [0.2, 0.25) is 0 Å². The maximum atomic E-state index is 12.0. The van der Waals surface area contributed by atoms with Gasteiger partial charge in [0.05, 0.1) is 9.40 Å². The summed E-state index contributed by atoms with van der Waals surface area (Å²) in [6.07, 6.45) is 1.48. The van der Waals surface area contributed by atoms with Gasteiger partial charge in [-0.3, -0.25) is 24.6 Å². The Morgan fingerprint density at radius 3 is 2.95 bits per heavy atom. The number of pyridine rings is 1. The lowest BCUT2D eigenvalue weighted by molar-refractivity contribution is -0.385. The van der Waals surface area contributed by atoms with Crippen molar-refractivity contribution in [1.29, 1.82) is 0 Å². The molecule has 1 saturated heterocycles. The van der Waals surface area contributed by atoms with Crippen molar-refractivity contribution in [2.45, 2.75) is 13.3 Å². The quantitative estimate of drug-likeness (QED) is 0.593. The second-order valence-electron chi connectivity index (χ2n) is 4.63. The van der Waals surface area contributed by atoms with Crippen LogP contribution in [0.1, 0.15) is 13.3 Å². The molecule has 0 N–H and O–H groups in total. The molecule has 1 aromatic rings. The van der Waals surface area contributed by atoms with Gasteiger partial charge in [-0.2, -0.15) is 0 Å². The number of nitrogens with zero attached hydrogens (tertiary/aromatic N) is 3. The highest BCUT2D eigenvalue weighted by Gasteiger charge is 2.33. The van der Waals surface area contributed by atoms with Crippen molar-refractivity contribution in [3.8, 4) is 0 Å². The summed E-state index contributed by atoms with van der Waals surface area (Å²) in [5, 5.41) is 10.7. The van der Waals surface area contributed by atoms with E-state index in [1.807, 2.05) is 0 Å². The van der Waals surface area contributed by atoms with Crippen LogP contribution < -0.4 is 4.90 Å². The van der Waals surface area contributed by atoms with Crippen molar-refractivity contribution >= 4 is 50.2 Å². The fourth-order valence-electron chi connectivity index (χ4n) is 2.05. The first-order valence-electron chi connectivity index (χ1n) is 6.12. The highest BCUT2D eigenvalue weighted by atomic mass is 79.9. The molecule has 0 aliphatic carbocycles. The van der Waals surface area contributed by atoms with Crippen molar-refractivity contribution in [3.05, 3.63) is 26.9 Å². The molecular weight excluding hydrogens is 362 g/mol.